The van der Waals surface area contributed by atoms with Gasteiger partial charge in [0.25, 0.3) is 0 Å². The Labute approximate surface area is 126 Å². The number of hydrogen-bond donors (Lipinski definition) is 1. The molecule has 0 aliphatic carbocycles. The van der Waals surface area contributed by atoms with Gasteiger partial charge in [-0.3, -0.25) is 0 Å². The molecule has 0 amide bonds. The molecule has 1 aromatic heterocycles. The molecule has 3 nitrogen and oxygen atoms in total. The van der Waals surface area contributed by atoms with E-state index in [0.29, 0.717) is 23.0 Å². The van der Waals surface area contributed by atoms with Crippen LogP contribution in [0.3, 0.4) is 0 Å². The summed E-state index contributed by atoms with van der Waals surface area (Å²) in [6, 6.07) is 9.45. The molecule has 0 saturated carbocycles. The molecule has 0 radical (unpaired) electrons. The highest BCUT2D eigenvalue weighted by molar-refractivity contribution is 6.35. The van der Waals surface area contributed by atoms with E-state index in [1.165, 1.54) is 12.1 Å². The number of para-hydroxylation sites is 1. The van der Waals surface area contributed by atoms with Gasteiger partial charge in [-0.1, -0.05) is 24.6 Å². The number of benzene rings is 2. The summed E-state index contributed by atoms with van der Waals surface area (Å²) < 4.78 is 15.1. The summed E-state index contributed by atoms with van der Waals surface area (Å²) in [4.78, 5) is 4.55. The van der Waals surface area contributed by atoms with E-state index in [9.17, 15) is 9.50 Å². The zero-order valence-corrected chi connectivity index (χ0v) is 12.2. The van der Waals surface area contributed by atoms with Crippen LogP contribution in [-0.2, 0) is 6.54 Å². The van der Waals surface area contributed by atoms with E-state index < -0.39 is 5.82 Å². The predicted molar refractivity (Wildman–Crippen MR) is 82.1 cm³/mol. The first-order valence-electron chi connectivity index (χ1n) is 6.75. The van der Waals surface area contributed by atoms with E-state index in [1.807, 2.05) is 22.8 Å². The molecule has 0 aliphatic heterocycles. The minimum absolute atomic E-state index is 0.126. The highest BCUT2D eigenvalue weighted by Crippen LogP contribution is 2.34. The summed E-state index contributed by atoms with van der Waals surface area (Å²) in [5.74, 6) is -0.0105. The topological polar surface area (TPSA) is 38.0 Å². The Kier molecular flexibility index (Phi) is 3.55. The fraction of sp³-hybridized carbons (Fsp3) is 0.188. The second kappa shape index (κ2) is 5.37. The van der Waals surface area contributed by atoms with Crippen LogP contribution < -0.4 is 0 Å². The Morgan fingerprint density at radius 2 is 2.10 bits per heavy atom. The summed E-state index contributed by atoms with van der Waals surface area (Å²) in [7, 11) is 0. The van der Waals surface area contributed by atoms with Crippen molar-refractivity contribution in [2.75, 3.05) is 0 Å². The van der Waals surface area contributed by atoms with Crippen molar-refractivity contribution in [1.82, 2.24) is 9.55 Å². The summed E-state index contributed by atoms with van der Waals surface area (Å²) >= 11 is 6.28. The first-order valence-corrected chi connectivity index (χ1v) is 7.13. The minimum atomic E-state index is -0.479. The lowest BCUT2D eigenvalue weighted by Gasteiger charge is -2.09. The normalized spacial score (nSPS) is 11.2. The smallest absolute Gasteiger partial charge is 0.144 e. The summed E-state index contributed by atoms with van der Waals surface area (Å²) in [5.41, 5.74) is 2.09. The number of hydrogen-bond acceptors (Lipinski definition) is 2. The fourth-order valence-electron chi connectivity index (χ4n) is 2.48. The van der Waals surface area contributed by atoms with Gasteiger partial charge in [0, 0.05) is 12.6 Å². The molecular formula is C16H14ClFN2O. The van der Waals surface area contributed by atoms with Crippen LogP contribution in [-0.4, -0.2) is 14.7 Å². The van der Waals surface area contributed by atoms with E-state index in [4.69, 9.17) is 11.6 Å². The van der Waals surface area contributed by atoms with Gasteiger partial charge in [0.1, 0.15) is 17.4 Å². The maximum absolute atomic E-state index is 13.2. The molecule has 2 aromatic carbocycles. The van der Waals surface area contributed by atoms with Gasteiger partial charge in [-0.15, -0.1) is 0 Å². The number of phenols is 1. The molecule has 0 fully saturated rings. The van der Waals surface area contributed by atoms with E-state index in [0.717, 1.165) is 23.5 Å². The number of nitrogens with zero attached hydrogens (tertiary/aromatic N) is 2. The quantitative estimate of drug-likeness (QED) is 0.767. The highest BCUT2D eigenvalue weighted by atomic mass is 35.5. The Balaban J connectivity index is 2.31. The maximum Gasteiger partial charge on any atom is 0.144 e. The highest BCUT2D eigenvalue weighted by Gasteiger charge is 2.17. The van der Waals surface area contributed by atoms with Gasteiger partial charge in [-0.2, -0.15) is 0 Å². The van der Waals surface area contributed by atoms with Crippen LogP contribution in [0.1, 0.15) is 13.3 Å². The van der Waals surface area contributed by atoms with Crippen LogP contribution in [0.5, 0.6) is 5.75 Å². The van der Waals surface area contributed by atoms with Crippen LogP contribution in [0.4, 0.5) is 4.39 Å². The second-order valence-electron chi connectivity index (χ2n) is 4.86. The Bertz CT molecular complexity index is 813. The van der Waals surface area contributed by atoms with Crippen molar-refractivity contribution in [2.24, 2.45) is 0 Å². The lowest BCUT2D eigenvalue weighted by Crippen LogP contribution is -2.00. The van der Waals surface area contributed by atoms with Gasteiger partial charge in [0.05, 0.1) is 21.6 Å². The molecule has 0 saturated heterocycles. The number of fused-ring (bicyclic) bond motifs is 1. The third-order valence-electron chi connectivity index (χ3n) is 3.37. The number of aryl methyl sites for hydroxylation is 1. The molecule has 0 bridgehead atoms. The fourth-order valence-corrected chi connectivity index (χ4v) is 2.75. The van der Waals surface area contributed by atoms with Gasteiger partial charge in [-0.05, 0) is 30.7 Å². The van der Waals surface area contributed by atoms with Crippen molar-refractivity contribution >= 4 is 22.6 Å². The van der Waals surface area contributed by atoms with Crippen LogP contribution in [0, 0.1) is 5.82 Å². The van der Waals surface area contributed by atoms with Crippen molar-refractivity contribution in [3.05, 3.63) is 47.2 Å². The number of halogens is 2. The van der Waals surface area contributed by atoms with Gasteiger partial charge in [-0.25, -0.2) is 9.37 Å². The average Bonchev–Trinajstić information content (AvgIpc) is 2.79. The maximum atomic E-state index is 13.2. The van der Waals surface area contributed by atoms with Crippen molar-refractivity contribution in [3.8, 4) is 17.1 Å². The third-order valence-corrected chi connectivity index (χ3v) is 3.67. The van der Waals surface area contributed by atoms with Gasteiger partial charge < -0.3 is 9.67 Å². The second-order valence-corrected chi connectivity index (χ2v) is 5.26. The number of imidazole rings is 1. The summed E-state index contributed by atoms with van der Waals surface area (Å²) in [6.45, 7) is 2.77. The monoisotopic (exact) mass is 304 g/mol. The van der Waals surface area contributed by atoms with Crippen LogP contribution in [0.2, 0.25) is 5.02 Å². The Morgan fingerprint density at radius 1 is 1.29 bits per heavy atom. The minimum Gasteiger partial charge on any atom is -0.507 e. The first kappa shape index (κ1) is 13.9. The standard InChI is InChI=1S/C16H14ClFN2O/c1-2-8-20-15-12(17)4-3-5-13(15)19-16(20)11-7-6-10(18)9-14(11)21/h3-7,9,21H,2,8H2,1H3. The zero-order valence-electron chi connectivity index (χ0n) is 11.5. The Morgan fingerprint density at radius 3 is 2.81 bits per heavy atom. The number of rotatable bonds is 3. The van der Waals surface area contributed by atoms with E-state index in [2.05, 4.69) is 11.9 Å². The lowest BCUT2D eigenvalue weighted by molar-refractivity contribution is 0.470. The molecule has 1 heterocycles. The van der Waals surface area contributed by atoms with E-state index in [1.54, 1.807) is 0 Å². The number of aromatic hydroxyl groups is 1. The largest absolute Gasteiger partial charge is 0.507 e. The zero-order chi connectivity index (χ0) is 15.0. The number of phenolic OH excluding ortho intramolecular Hbond substituents is 1. The van der Waals surface area contributed by atoms with Gasteiger partial charge in [0.15, 0.2) is 0 Å². The van der Waals surface area contributed by atoms with Crippen molar-refractivity contribution in [2.45, 2.75) is 19.9 Å². The molecule has 0 atom stereocenters. The molecule has 0 aliphatic rings. The van der Waals surface area contributed by atoms with Crippen molar-refractivity contribution in [1.29, 1.82) is 0 Å². The molecule has 3 rings (SSSR count). The van der Waals surface area contributed by atoms with E-state index >= 15 is 0 Å². The van der Waals surface area contributed by atoms with Crippen LogP contribution >= 0.6 is 11.6 Å². The van der Waals surface area contributed by atoms with Gasteiger partial charge >= 0.3 is 0 Å². The van der Waals surface area contributed by atoms with E-state index in [-0.39, 0.29) is 5.75 Å². The molecule has 3 aromatic rings. The van der Waals surface area contributed by atoms with Crippen molar-refractivity contribution < 1.29 is 9.50 Å². The van der Waals surface area contributed by atoms with Gasteiger partial charge in [0.2, 0.25) is 0 Å². The molecule has 0 spiro atoms. The molecule has 0 unspecified atom stereocenters. The lowest BCUT2D eigenvalue weighted by atomic mass is 10.2. The van der Waals surface area contributed by atoms with Crippen LogP contribution in [0.15, 0.2) is 36.4 Å². The number of aromatic nitrogens is 2. The summed E-state index contributed by atoms with van der Waals surface area (Å²) in [6.07, 6.45) is 0.894. The average molecular weight is 305 g/mol. The van der Waals surface area contributed by atoms with Crippen molar-refractivity contribution in [3.63, 3.8) is 0 Å². The molecule has 5 heteroatoms. The first-order chi connectivity index (χ1) is 10.1. The molecule has 108 valence electrons. The molecule has 1 N–H and O–H groups in total. The SMILES string of the molecule is CCCn1c(-c2ccc(F)cc2O)nc2cccc(Cl)c21. The Hall–Kier alpha value is -2.07. The predicted octanol–water partition coefficient (Wildman–Crippen LogP) is 4.61. The third kappa shape index (κ3) is 2.36. The molecule has 21 heavy (non-hydrogen) atoms. The molecular weight excluding hydrogens is 291 g/mol. The van der Waals surface area contributed by atoms with Crippen LogP contribution in [0.25, 0.3) is 22.4 Å². The summed E-state index contributed by atoms with van der Waals surface area (Å²) in [5, 5.41) is 10.6.